The number of phosphoric ester groups is 1. The van der Waals surface area contributed by atoms with Crippen LogP contribution in [0.3, 0.4) is 0 Å². The zero-order valence-electron chi connectivity index (χ0n) is 33.0. The standard InChI is InChI=1S/C40H44F2N5O9PS/c1-26(35-46-34(21-58-35)28-13-16-31(43-8)17-14-28)40(22-47-24-44-23-45-47,32-18-15-30(41)19-33(32)42)54-37(49)52-25-51-36(48)29-11-9-27(10-12-29)20-53-57(50,55-38(2,3)4)56-39(5,6)7/h9-19,21,23-24,26H,8,20,22,25H2,1-7H3/t26-,40?/m0/s1. The molecule has 0 radical (unpaired) electrons. The molecule has 0 aliphatic heterocycles. The SMILES string of the molecule is C=Nc1ccc(-c2csc([C@H](C)C(Cn3cncn3)(OC(=O)OCOC(=O)c3ccc(COP(=O)(OC(C)(C)C)OC(C)(C)C)cc3)c3ccc(F)cc3F)n2)cc1. The molecule has 0 spiro atoms. The van der Waals surface area contributed by atoms with Crippen LogP contribution in [0, 0.1) is 11.6 Å². The molecule has 0 fully saturated rings. The van der Waals surface area contributed by atoms with E-state index < -0.39 is 61.1 Å². The lowest BCUT2D eigenvalue weighted by Gasteiger charge is -2.37. The summed E-state index contributed by atoms with van der Waals surface area (Å²) >= 11 is 1.24. The highest BCUT2D eigenvalue weighted by molar-refractivity contribution is 7.48. The van der Waals surface area contributed by atoms with Gasteiger partial charge in [0, 0.05) is 22.6 Å². The van der Waals surface area contributed by atoms with Crippen molar-refractivity contribution in [2.75, 3.05) is 6.79 Å². The summed E-state index contributed by atoms with van der Waals surface area (Å²) in [6, 6.07) is 16.1. The fraction of sp³-hybridized carbons (Fsp3) is 0.350. The normalized spacial score (nSPS) is 13.7. The van der Waals surface area contributed by atoms with Crippen molar-refractivity contribution in [1.82, 2.24) is 19.7 Å². The molecule has 14 nitrogen and oxygen atoms in total. The first-order chi connectivity index (χ1) is 27.3. The first-order valence-electron chi connectivity index (χ1n) is 17.9. The van der Waals surface area contributed by atoms with Crippen LogP contribution in [-0.2, 0) is 51.1 Å². The summed E-state index contributed by atoms with van der Waals surface area (Å²) in [4.78, 5) is 39.1. The third-order valence-electron chi connectivity index (χ3n) is 8.17. The molecule has 0 N–H and O–H groups in total. The van der Waals surface area contributed by atoms with Gasteiger partial charge in [0.2, 0.25) is 6.79 Å². The Kier molecular flexibility index (Phi) is 13.8. The van der Waals surface area contributed by atoms with Crippen LogP contribution in [0.25, 0.3) is 11.3 Å². The van der Waals surface area contributed by atoms with E-state index in [1.165, 1.54) is 46.9 Å². The van der Waals surface area contributed by atoms with E-state index in [1.807, 2.05) is 12.1 Å². The van der Waals surface area contributed by atoms with Gasteiger partial charge in [0.1, 0.15) is 29.3 Å². The Morgan fingerprint density at radius 3 is 2.21 bits per heavy atom. The highest BCUT2D eigenvalue weighted by Crippen LogP contribution is 2.56. The van der Waals surface area contributed by atoms with Crippen molar-refractivity contribution >= 4 is 43.7 Å². The maximum absolute atomic E-state index is 15.8. The Morgan fingerprint density at radius 1 is 0.948 bits per heavy atom. The summed E-state index contributed by atoms with van der Waals surface area (Å²) in [7, 11) is -3.98. The fourth-order valence-electron chi connectivity index (χ4n) is 5.60. The Bertz CT molecular complexity index is 2220. The van der Waals surface area contributed by atoms with Gasteiger partial charge < -0.3 is 14.2 Å². The largest absolute Gasteiger partial charge is 0.512 e. The molecular formula is C40H44F2N5O9PS. The first-order valence-corrected chi connectivity index (χ1v) is 20.2. The number of thiazole rings is 1. The predicted molar refractivity (Wildman–Crippen MR) is 212 cm³/mol. The van der Waals surface area contributed by atoms with E-state index in [9.17, 15) is 18.5 Å². The summed E-state index contributed by atoms with van der Waals surface area (Å²) in [6.07, 6.45) is 1.26. The molecule has 0 bridgehead atoms. The van der Waals surface area contributed by atoms with Crippen LogP contribution < -0.4 is 0 Å². The molecule has 2 atom stereocenters. The summed E-state index contributed by atoms with van der Waals surface area (Å²) in [5.74, 6) is -3.60. The lowest BCUT2D eigenvalue weighted by Crippen LogP contribution is -2.43. The Morgan fingerprint density at radius 2 is 1.62 bits per heavy atom. The van der Waals surface area contributed by atoms with Crippen molar-refractivity contribution in [2.45, 2.75) is 84.3 Å². The number of carbonyl (C=O) groups excluding carboxylic acids is 2. The Hall–Kier alpha value is -5.19. The van der Waals surface area contributed by atoms with Crippen molar-refractivity contribution in [3.05, 3.63) is 118 Å². The first kappa shape index (κ1) is 43.9. The number of carbonyl (C=O) groups is 2. The molecule has 58 heavy (non-hydrogen) atoms. The van der Waals surface area contributed by atoms with E-state index in [2.05, 4.69) is 21.8 Å². The minimum Gasteiger partial charge on any atom is -0.424 e. The summed E-state index contributed by atoms with van der Waals surface area (Å²) in [5.41, 5.74) is -1.10. The van der Waals surface area contributed by atoms with Gasteiger partial charge in [-0.15, -0.1) is 11.3 Å². The van der Waals surface area contributed by atoms with E-state index >= 15 is 4.39 Å². The van der Waals surface area contributed by atoms with E-state index in [4.69, 9.17) is 32.8 Å². The quantitative estimate of drug-likeness (QED) is 0.0401. The Balaban J connectivity index is 1.31. The van der Waals surface area contributed by atoms with Crippen molar-refractivity contribution in [3.63, 3.8) is 0 Å². The topological polar surface area (TPSA) is 163 Å². The highest BCUT2D eigenvalue weighted by Gasteiger charge is 2.48. The average Bonchev–Trinajstić information content (AvgIpc) is 3.85. The minimum absolute atomic E-state index is 0.0956. The molecule has 18 heteroatoms. The van der Waals surface area contributed by atoms with Gasteiger partial charge in [-0.2, -0.15) is 5.10 Å². The van der Waals surface area contributed by atoms with Crippen LogP contribution in [0.4, 0.5) is 19.3 Å². The molecule has 0 aliphatic carbocycles. The second kappa shape index (κ2) is 18.2. The maximum atomic E-state index is 15.8. The fourth-order valence-corrected chi connectivity index (χ4v) is 8.36. The highest BCUT2D eigenvalue weighted by atomic mass is 32.1. The second-order valence-electron chi connectivity index (χ2n) is 15.0. The molecular weight excluding hydrogens is 796 g/mol. The molecule has 5 aromatic rings. The second-order valence-corrected chi connectivity index (χ2v) is 17.4. The minimum atomic E-state index is -3.98. The number of aliphatic imine (C=N–C) groups is 1. The summed E-state index contributed by atoms with van der Waals surface area (Å²) < 4.78 is 78.0. The van der Waals surface area contributed by atoms with Crippen LogP contribution in [0.2, 0.25) is 0 Å². The van der Waals surface area contributed by atoms with Gasteiger partial charge in [-0.3, -0.25) is 18.6 Å². The Labute approximate surface area is 338 Å². The van der Waals surface area contributed by atoms with Gasteiger partial charge in [-0.1, -0.05) is 31.2 Å². The molecule has 308 valence electrons. The van der Waals surface area contributed by atoms with E-state index in [0.717, 1.165) is 11.6 Å². The molecule has 0 amide bonds. The number of ether oxygens (including phenoxy) is 3. The summed E-state index contributed by atoms with van der Waals surface area (Å²) in [6.45, 7) is 14.2. The molecule has 0 aliphatic rings. The van der Waals surface area contributed by atoms with Crippen LogP contribution in [0.5, 0.6) is 0 Å². The molecule has 0 saturated carbocycles. The number of nitrogens with zero attached hydrogens (tertiary/aromatic N) is 5. The zero-order valence-corrected chi connectivity index (χ0v) is 34.7. The van der Waals surface area contributed by atoms with Crippen LogP contribution in [0.15, 0.2) is 89.8 Å². The molecule has 5 rings (SSSR count). The zero-order chi connectivity index (χ0) is 42.3. The van der Waals surface area contributed by atoms with Gasteiger partial charge in [0.25, 0.3) is 0 Å². The number of aromatic nitrogens is 4. The number of esters is 1. The average molecular weight is 840 g/mol. The molecule has 3 aromatic carbocycles. The summed E-state index contributed by atoms with van der Waals surface area (Å²) in [5, 5.41) is 6.37. The van der Waals surface area contributed by atoms with Crippen molar-refractivity contribution in [1.29, 1.82) is 0 Å². The van der Waals surface area contributed by atoms with Crippen LogP contribution >= 0.6 is 19.2 Å². The lowest BCUT2D eigenvalue weighted by atomic mass is 9.81. The third kappa shape index (κ3) is 11.7. The van der Waals surface area contributed by atoms with Crippen molar-refractivity contribution in [3.8, 4) is 11.3 Å². The van der Waals surface area contributed by atoms with Crippen LogP contribution in [-0.4, -0.2) is 56.6 Å². The van der Waals surface area contributed by atoms with E-state index in [1.54, 1.807) is 78.1 Å². The van der Waals surface area contributed by atoms with Gasteiger partial charge in [-0.25, -0.2) is 37.6 Å². The number of hydrogen-bond donors (Lipinski definition) is 0. The van der Waals surface area contributed by atoms with Gasteiger partial charge in [0.05, 0.1) is 47.2 Å². The van der Waals surface area contributed by atoms with Gasteiger partial charge in [-0.05, 0) is 90.2 Å². The number of hydrogen-bond acceptors (Lipinski definition) is 14. The van der Waals surface area contributed by atoms with Crippen LogP contribution in [0.1, 0.15) is 80.9 Å². The van der Waals surface area contributed by atoms with Gasteiger partial charge >= 0.3 is 19.9 Å². The monoisotopic (exact) mass is 839 g/mol. The third-order valence-corrected chi connectivity index (χ3v) is 11.2. The van der Waals surface area contributed by atoms with E-state index in [0.29, 0.717) is 28.0 Å². The number of halogens is 2. The number of benzene rings is 3. The molecule has 2 heterocycles. The molecule has 2 aromatic heterocycles. The maximum Gasteiger partial charge on any atom is 0.512 e. The predicted octanol–water partition coefficient (Wildman–Crippen LogP) is 9.93. The van der Waals surface area contributed by atoms with Crippen molar-refractivity contribution in [2.24, 2.45) is 4.99 Å². The number of phosphoric acid groups is 1. The smallest absolute Gasteiger partial charge is 0.424 e. The molecule has 0 saturated heterocycles. The molecule has 1 unspecified atom stereocenters. The van der Waals surface area contributed by atoms with Crippen molar-refractivity contribution < 1.29 is 50.7 Å². The van der Waals surface area contributed by atoms with Gasteiger partial charge in [0.15, 0.2) is 5.60 Å². The van der Waals surface area contributed by atoms with E-state index in [-0.39, 0.29) is 24.3 Å². The number of rotatable bonds is 16. The lowest BCUT2D eigenvalue weighted by molar-refractivity contribution is -0.0882.